The first kappa shape index (κ1) is 24.3. The van der Waals surface area contributed by atoms with Gasteiger partial charge >= 0.3 is 0 Å². The van der Waals surface area contributed by atoms with Gasteiger partial charge < -0.3 is 15.0 Å². The van der Waals surface area contributed by atoms with Crippen molar-refractivity contribution in [1.29, 1.82) is 0 Å². The van der Waals surface area contributed by atoms with Crippen LogP contribution < -0.4 is 10.1 Å². The molecule has 2 aromatic heterocycles. The number of carbonyl (C=O) groups is 1. The van der Waals surface area contributed by atoms with E-state index in [1.165, 1.54) is 5.56 Å². The van der Waals surface area contributed by atoms with Crippen LogP contribution in [0.5, 0.6) is 11.5 Å². The van der Waals surface area contributed by atoms with Crippen LogP contribution in [0.15, 0.2) is 103 Å². The summed E-state index contributed by atoms with van der Waals surface area (Å²) in [5, 5.41) is 4.25. The molecule has 1 amide bonds. The lowest BCUT2D eigenvalue weighted by atomic mass is 9.87. The summed E-state index contributed by atoms with van der Waals surface area (Å²) < 4.78 is 6.11. The molecule has 5 heteroatoms. The van der Waals surface area contributed by atoms with Crippen molar-refractivity contribution in [3.05, 3.63) is 126 Å². The van der Waals surface area contributed by atoms with Crippen LogP contribution in [0.1, 0.15) is 41.6 Å². The highest BCUT2D eigenvalue weighted by atomic mass is 16.5. The van der Waals surface area contributed by atoms with Crippen LogP contribution in [0.4, 0.5) is 0 Å². The second kappa shape index (κ2) is 11.6. The van der Waals surface area contributed by atoms with Crippen molar-refractivity contribution in [1.82, 2.24) is 15.3 Å². The number of benzene rings is 3. The quantitative estimate of drug-likeness (QED) is 0.227. The second-order valence-electron chi connectivity index (χ2n) is 9.10. The first-order valence-corrected chi connectivity index (χ1v) is 12.8. The SMILES string of the molecule is CCc1cccc2c([C@H](CC(=O)NCCc3ccccn3)c3cccc(Oc4ccccc4)c3)c[nH]c12. The van der Waals surface area contributed by atoms with Crippen LogP contribution in [0.2, 0.25) is 0 Å². The molecule has 0 bridgehead atoms. The van der Waals surface area contributed by atoms with Gasteiger partial charge in [0.1, 0.15) is 11.5 Å². The van der Waals surface area contributed by atoms with Crippen LogP contribution in [0, 0.1) is 0 Å². The predicted molar refractivity (Wildman–Crippen MR) is 148 cm³/mol. The van der Waals surface area contributed by atoms with E-state index in [0.29, 0.717) is 19.4 Å². The molecule has 5 rings (SSSR count). The summed E-state index contributed by atoms with van der Waals surface area (Å²) in [4.78, 5) is 21.0. The van der Waals surface area contributed by atoms with Gasteiger partial charge in [-0.15, -0.1) is 0 Å². The average molecular weight is 490 g/mol. The number of nitrogens with one attached hydrogen (secondary N) is 2. The number of aryl methyl sites for hydroxylation is 1. The van der Waals surface area contributed by atoms with Crippen molar-refractivity contribution in [3.63, 3.8) is 0 Å². The van der Waals surface area contributed by atoms with Gasteiger partial charge in [-0.25, -0.2) is 0 Å². The summed E-state index contributed by atoms with van der Waals surface area (Å²) in [5.74, 6) is 1.41. The molecule has 0 aliphatic carbocycles. The fourth-order valence-electron chi connectivity index (χ4n) is 4.78. The Kier molecular flexibility index (Phi) is 7.60. The lowest BCUT2D eigenvalue weighted by Gasteiger charge is -2.18. The monoisotopic (exact) mass is 489 g/mol. The molecule has 1 atom stereocenters. The van der Waals surface area contributed by atoms with E-state index in [4.69, 9.17) is 4.74 Å². The van der Waals surface area contributed by atoms with Gasteiger partial charge in [0.05, 0.1) is 0 Å². The number of H-pyrrole nitrogens is 1. The first-order valence-electron chi connectivity index (χ1n) is 12.8. The number of rotatable bonds is 10. The molecular weight excluding hydrogens is 458 g/mol. The molecule has 3 aromatic carbocycles. The molecule has 0 aliphatic rings. The van der Waals surface area contributed by atoms with Gasteiger partial charge in [0.15, 0.2) is 0 Å². The van der Waals surface area contributed by atoms with Crippen molar-refractivity contribution < 1.29 is 9.53 Å². The number of fused-ring (bicyclic) bond motifs is 1. The van der Waals surface area contributed by atoms with Crippen molar-refractivity contribution in [3.8, 4) is 11.5 Å². The molecule has 2 heterocycles. The van der Waals surface area contributed by atoms with E-state index >= 15 is 0 Å². The lowest BCUT2D eigenvalue weighted by Crippen LogP contribution is -2.27. The molecule has 0 spiro atoms. The van der Waals surface area contributed by atoms with E-state index < -0.39 is 0 Å². The van der Waals surface area contributed by atoms with E-state index in [0.717, 1.165) is 45.6 Å². The Morgan fingerprint density at radius 1 is 0.946 bits per heavy atom. The minimum absolute atomic E-state index is 0.0105. The van der Waals surface area contributed by atoms with E-state index in [1.54, 1.807) is 6.20 Å². The van der Waals surface area contributed by atoms with Crippen LogP contribution in [-0.2, 0) is 17.6 Å². The normalized spacial score (nSPS) is 11.8. The standard InChI is InChI=1S/C32H31N3O2/c1-2-23-10-9-16-28-30(22-35-32(23)28)29(21-31(36)34-19-17-25-12-6-7-18-33-25)24-11-8-15-27(20-24)37-26-13-4-3-5-14-26/h3-16,18,20,22,29,35H,2,17,19,21H2,1H3,(H,34,36)/t29-/m1/s1. The van der Waals surface area contributed by atoms with Crippen molar-refractivity contribution in [2.45, 2.75) is 32.1 Å². The van der Waals surface area contributed by atoms with Crippen LogP contribution >= 0.6 is 0 Å². The van der Waals surface area contributed by atoms with Crippen molar-refractivity contribution in [2.75, 3.05) is 6.54 Å². The summed E-state index contributed by atoms with van der Waals surface area (Å²) >= 11 is 0. The zero-order valence-electron chi connectivity index (χ0n) is 21.0. The summed E-state index contributed by atoms with van der Waals surface area (Å²) in [7, 11) is 0. The van der Waals surface area contributed by atoms with Crippen LogP contribution in [-0.4, -0.2) is 22.4 Å². The maximum absolute atomic E-state index is 13.2. The lowest BCUT2D eigenvalue weighted by molar-refractivity contribution is -0.121. The van der Waals surface area contributed by atoms with E-state index in [-0.39, 0.29) is 11.8 Å². The topological polar surface area (TPSA) is 67.0 Å². The van der Waals surface area contributed by atoms with Gasteiger partial charge in [-0.05, 0) is 59.5 Å². The fourth-order valence-corrected chi connectivity index (χ4v) is 4.78. The molecule has 0 fully saturated rings. The molecule has 0 unspecified atom stereocenters. The number of aromatic nitrogens is 2. The Morgan fingerprint density at radius 3 is 2.57 bits per heavy atom. The minimum Gasteiger partial charge on any atom is -0.457 e. The third kappa shape index (κ3) is 5.89. The predicted octanol–water partition coefficient (Wildman–Crippen LogP) is 6.80. The van der Waals surface area contributed by atoms with E-state index in [9.17, 15) is 4.79 Å². The molecule has 37 heavy (non-hydrogen) atoms. The molecular formula is C32H31N3O2. The maximum atomic E-state index is 13.2. The number of ether oxygens (including phenoxy) is 1. The molecule has 0 saturated heterocycles. The Labute approximate surface area is 217 Å². The summed E-state index contributed by atoms with van der Waals surface area (Å²) in [5.41, 5.74) is 5.52. The Balaban J connectivity index is 1.42. The Morgan fingerprint density at radius 2 is 1.76 bits per heavy atom. The van der Waals surface area contributed by atoms with Crippen LogP contribution in [0.25, 0.3) is 10.9 Å². The zero-order valence-corrected chi connectivity index (χ0v) is 21.0. The Bertz CT molecular complexity index is 1460. The van der Waals surface area contributed by atoms with Crippen molar-refractivity contribution in [2.24, 2.45) is 0 Å². The number of aromatic amines is 1. The first-order chi connectivity index (χ1) is 18.2. The highest BCUT2D eigenvalue weighted by molar-refractivity contribution is 5.88. The van der Waals surface area contributed by atoms with Gasteiger partial charge in [-0.1, -0.05) is 61.5 Å². The molecule has 0 saturated carbocycles. The third-order valence-corrected chi connectivity index (χ3v) is 6.65. The minimum atomic E-state index is -0.130. The zero-order chi connectivity index (χ0) is 25.5. The van der Waals surface area contributed by atoms with Gasteiger partial charge in [0.25, 0.3) is 0 Å². The average Bonchev–Trinajstić information content (AvgIpc) is 3.37. The number of hydrogen-bond donors (Lipinski definition) is 2. The van der Waals surface area contributed by atoms with Crippen LogP contribution in [0.3, 0.4) is 0 Å². The number of carbonyl (C=O) groups excluding carboxylic acids is 1. The number of para-hydroxylation sites is 2. The third-order valence-electron chi connectivity index (χ3n) is 6.65. The molecule has 5 nitrogen and oxygen atoms in total. The van der Waals surface area contributed by atoms with Gasteiger partial charge in [-0.2, -0.15) is 0 Å². The maximum Gasteiger partial charge on any atom is 0.220 e. The summed E-state index contributed by atoms with van der Waals surface area (Å²) in [6.45, 7) is 2.71. The van der Waals surface area contributed by atoms with Gasteiger partial charge in [0, 0.05) is 54.3 Å². The largest absolute Gasteiger partial charge is 0.457 e. The smallest absolute Gasteiger partial charge is 0.220 e. The number of hydrogen-bond acceptors (Lipinski definition) is 3. The molecule has 0 aliphatic heterocycles. The van der Waals surface area contributed by atoms with E-state index in [2.05, 4.69) is 52.7 Å². The number of nitrogens with zero attached hydrogens (tertiary/aromatic N) is 1. The van der Waals surface area contributed by atoms with Crippen molar-refractivity contribution >= 4 is 16.8 Å². The molecule has 5 aromatic rings. The molecule has 0 radical (unpaired) electrons. The summed E-state index contributed by atoms with van der Waals surface area (Å²) in [6, 6.07) is 30.0. The van der Waals surface area contributed by atoms with Gasteiger partial charge in [0.2, 0.25) is 5.91 Å². The van der Waals surface area contributed by atoms with E-state index in [1.807, 2.05) is 66.7 Å². The summed E-state index contributed by atoms with van der Waals surface area (Å²) in [6.07, 6.45) is 5.81. The second-order valence-corrected chi connectivity index (χ2v) is 9.10. The number of pyridine rings is 1. The Hall–Kier alpha value is -4.38. The molecule has 186 valence electrons. The highest BCUT2D eigenvalue weighted by Crippen LogP contribution is 2.36. The molecule has 2 N–H and O–H groups in total. The highest BCUT2D eigenvalue weighted by Gasteiger charge is 2.22. The van der Waals surface area contributed by atoms with Gasteiger partial charge in [-0.3, -0.25) is 9.78 Å². The number of amides is 1. The fraction of sp³-hybridized carbons (Fsp3) is 0.188.